The van der Waals surface area contributed by atoms with Crippen LogP contribution in [-0.4, -0.2) is 73.4 Å². The Kier molecular flexibility index (Phi) is 53.9. The monoisotopic (exact) mass is 1080 g/mol. The smallest absolute Gasteiger partial charge is 0.387 e. The molecular weight excluding hydrogens is 960 g/mol. The van der Waals surface area contributed by atoms with Crippen LogP contribution in [0.5, 0.6) is 0 Å². The van der Waals surface area contributed by atoms with Gasteiger partial charge in [-0.25, -0.2) is 4.57 Å². The lowest BCUT2D eigenvalue weighted by Crippen LogP contribution is -2.45. The maximum absolute atomic E-state index is 13.0. The summed E-state index contributed by atoms with van der Waals surface area (Å²) in [6.07, 6.45) is 85.5. The highest BCUT2D eigenvalue weighted by Crippen LogP contribution is 2.43. The molecule has 8 nitrogen and oxygen atoms in total. The van der Waals surface area contributed by atoms with Crippen LogP contribution in [0.25, 0.3) is 0 Å². The maximum atomic E-state index is 13.0. The summed E-state index contributed by atoms with van der Waals surface area (Å²) in [7, 11) is 1.54. The molecule has 434 valence electrons. The number of phosphoric ester groups is 1. The van der Waals surface area contributed by atoms with Crippen molar-refractivity contribution in [1.29, 1.82) is 0 Å². The van der Waals surface area contributed by atoms with Crippen LogP contribution in [0.1, 0.15) is 232 Å². The number of aliphatic hydroxyl groups is 1. The van der Waals surface area contributed by atoms with Crippen molar-refractivity contribution in [3.8, 4) is 0 Å². The molecule has 0 aliphatic rings. The molecule has 0 bridgehead atoms. The molecule has 0 saturated heterocycles. The first-order valence-corrected chi connectivity index (χ1v) is 32.1. The van der Waals surface area contributed by atoms with Crippen molar-refractivity contribution in [2.24, 2.45) is 0 Å². The second kappa shape index (κ2) is 56.4. The lowest BCUT2D eigenvalue weighted by Gasteiger charge is -2.25. The standard InChI is InChI=1S/C67H115N2O6P/c1-6-8-10-12-14-16-18-20-22-24-25-26-27-28-29-30-31-32-33-34-35-36-37-38-39-40-41-42-43-45-47-49-51-53-55-57-59-61-67(71)68-65(64-75-76(72,73)74-63-62-69(3,4)5)66(70)60-58-56-54-52-50-48-46-44-23-21-19-17-15-13-11-9-7-2/h8,10,14,16,20,22,25-26,28-29,31-32,34-35,37-38,40-41,43,45,58,60,65-66,70H,6-7,9,11-13,15,17-19,21,23-24,27,30,33,36,39,42,44,46-57,59,61-64H2,1-5H3,(H-,68,71,72,73)/p+1/b10-8-,16-14-,22-20-,26-25-,29-28-,32-31-,35-34-,38-37-,41-40-,45-43-,60-58+. The predicted octanol–water partition coefficient (Wildman–Crippen LogP) is 19.1. The minimum absolute atomic E-state index is 0.0517. The van der Waals surface area contributed by atoms with Crippen molar-refractivity contribution in [3.05, 3.63) is 134 Å². The Morgan fingerprint density at radius 2 is 0.789 bits per heavy atom. The number of allylic oxidation sites excluding steroid dienone is 21. The minimum Gasteiger partial charge on any atom is -0.387 e. The summed E-state index contributed by atoms with van der Waals surface area (Å²) in [5.41, 5.74) is 0. The number of rotatable bonds is 54. The second-order valence-electron chi connectivity index (χ2n) is 21.3. The Balaban J connectivity index is 4.22. The number of carbonyl (C=O) groups excluding carboxylic acids is 1. The molecule has 0 saturated carbocycles. The van der Waals surface area contributed by atoms with E-state index >= 15 is 0 Å². The number of nitrogens with zero attached hydrogens (tertiary/aromatic N) is 1. The highest BCUT2D eigenvalue weighted by molar-refractivity contribution is 7.47. The third kappa shape index (κ3) is 58.3. The molecule has 0 aromatic heterocycles. The number of hydrogen-bond acceptors (Lipinski definition) is 5. The van der Waals surface area contributed by atoms with Crippen LogP contribution in [0, 0.1) is 0 Å². The summed E-state index contributed by atoms with van der Waals surface area (Å²) in [4.78, 5) is 23.3. The zero-order chi connectivity index (χ0) is 55.6. The van der Waals surface area contributed by atoms with E-state index in [4.69, 9.17) is 9.05 Å². The summed E-state index contributed by atoms with van der Waals surface area (Å²) in [5.74, 6) is -0.196. The Bertz CT molecular complexity index is 1700. The molecular formula is C67H116N2O6P+. The average Bonchev–Trinajstić information content (AvgIpc) is 3.38. The maximum Gasteiger partial charge on any atom is 0.472 e. The van der Waals surface area contributed by atoms with E-state index < -0.39 is 20.0 Å². The van der Waals surface area contributed by atoms with Gasteiger partial charge in [0.1, 0.15) is 13.2 Å². The fraction of sp³-hybridized carbons (Fsp3) is 0.657. The van der Waals surface area contributed by atoms with Crippen LogP contribution in [0.3, 0.4) is 0 Å². The van der Waals surface area contributed by atoms with E-state index in [1.54, 1.807) is 6.08 Å². The van der Waals surface area contributed by atoms with E-state index in [2.05, 4.69) is 141 Å². The molecule has 3 atom stereocenters. The molecule has 3 N–H and O–H groups in total. The Morgan fingerprint density at radius 1 is 0.461 bits per heavy atom. The van der Waals surface area contributed by atoms with Gasteiger partial charge >= 0.3 is 7.82 Å². The summed E-state index contributed by atoms with van der Waals surface area (Å²) >= 11 is 0. The molecule has 1 amide bonds. The molecule has 3 unspecified atom stereocenters. The summed E-state index contributed by atoms with van der Waals surface area (Å²) in [6.45, 7) is 4.68. The van der Waals surface area contributed by atoms with E-state index in [0.717, 1.165) is 122 Å². The number of phosphoric acid groups is 1. The molecule has 0 rings (SSSR count). The van der Waals surface area contributed by atoms with Crippen molar-refractivity contribution in [2.75, 3.05) is 40.9 Å². The molecule has 0 aliphatic carbocycles. The van der Waals surface area contributed by atoms with Crippen molar-refractivity contribution in [1.82, 2.24) is 5.32 Å². The third-order valence-electron chi connectivity index (χ3n) is 12.9. The molecule has 0 aliphatic heterocycles. The van der Waals surface area contributed by atoms with Crippen molar-refractivity contribution in [3.63, 3.8) is 0 Å². The Hall–Kier alpha value is -3.36. The van der Waals surface area contributed by atoms with E-state index in [-0.39, 0.29) is 19.1 Å². The number of carbonyl (C=O) groups is 1. The van der Waals surface area contributed by atoms with Gasteiger partial charge < -0.3 is 19.8 Å². The van der Waals surface area contributed by atoms with Crippen LogP contribution >= 0.6 is 7.82 Å². The first-order valence-electron chi connectivity index (χ1n) is 30.6. The van der Waals surface area contributed by atoms with E-state index in [1.165, 1.54) is 89.9 Å². The molecule has 0 spiro atoms. The Morgan fingerprint density at radius 3 is 1.16 bits per heavy atom. The van der Waals surface area contributed by atoms with Gasteiger partial charge in [0.15, 0.2) is 0 Å². The van der Waals surface area contributed by atoms with Gasteiger partial charge in [0.05, 0.1) is 39.9 Å². The minimum atomic E-state index is -4.36. The molecule has 0 radical (unpaired) electrons. The molecule has 0 aromatic rings. The summed E-state index contributed by atoms with van der Waals surface area (Å²) in [6, 6.07) is -0.865. The third-order valence-corrected chi connectivity index (χ3v) is 13.9. The highest BCUT2D eigenvalue weighted by atomic mass is 31.2. The predicted molar refractivity (Wildman–Crippen MR) is 331 cm³/mol. The molecule has 0 fully saturated rings. The van der Waals surface area contributed by atoms with E-state index in [9.17, 15) is 19.4 Å². The molecule has 0 heterocycles. The topological polar surface area (TPSA) is 105 Å². The van der Waals surface area contributed by atoms with Crippen LogP contribution in [0.2, 0.25) is 0 Å². The number of unbranched alkanes of at least 4 members (excludes halogenated alkanes) is 21. The van der Waals surface area contributed by atoms with Gasteiger partial charge in [-0.3, -0.25) is 13.8 Å². The van der Waals surface area contributed by atoms with Crippen molar-refractivity contribution in [2.45, 2.75) is 244 Å². The van der Waals surface area contributed by atoms with Crippen LogP contribution in [0.15, 0.2) is 134 Å². The second-order valence-corrected chi connectivity index (χ2v) is 22.8. The van der Waals surface area contributed by atoms with Gasteiger partial charge in [0, 0.05) is 6.42 Å². The fourth-order valence-corrected chi connectivity index (χ4v) is 8.86. The van der Waals surface area contributed by atoms with Gasteiger partial charge in [-0.15, -0.1) is 0 Å². The first kappa shape index (κ1) is 72.6. The van der Waals surface area contributed by atoms with Gasteiger partial charge in [-0.1, -0.05) is 263 Å². The average molecular weight is 1080 g/mol. The lowest BCUT2D eigenvalue weighted by molar-refractivity contribution is -0.870. The van der Waals surface area contributed by atoms with Crippen LogP contribution in [-0.2, 0) is 18.4 Å². The lowest BCUT2D eigenvalue weighted by atomic mass is 10.0. The Labute approximate surface area is 468 Å². The normalized spacial score (nSPS) is 14.8. The van der Waals surface area contributed by atoms with Gasteiger partial charge in [0.2, 0.25) is 5.91 Å². The zero-order valence-corrected chi connectivity index (χ0v) is 50.3. The zero-order valence-electron chi connectivity index (χ0n) is 49.4. The van der Waals surface area contributed by atoms with Crippen LogP contribution < -0.4 is 5.32 Å². The molecule has 0 aromatic carbocycles. The number of quaternary nitrogens is 1. The summed E-state index contributed by atoms with van der Waals surface area (Å²) in [5, 5.41) is 13.9. The highest BCUT2D eigenvalue weighted by Gasteiger charge is 2.27. The summed E-state index contributed by atoms with van der Waals surface area (Å²) < 4.78 is 23.7. The van der Waals surface area contributed by atoms with Crippen molar-refractivity contribution >= 4 is 13.7 Å². The number of hydrogen-bond donors (Lipinski definition) is 3. The van der Waals surface area contributed by atoms with Crippen LogP contribution in [0.4, 0.5) is 0 Å². The van der Waals surface area contributed by atoms with E-state index in [1.807, 2.05) is 27.2 Å². The number of nitrogens with one attached hydrogen (secondary N) is 1. The molecule has 76 heavy (non-hydrogen) atoms. The molecule has 9 heteroatoms. The first-order chi connectivity index (χ1) is 37.0. The van der Waals surface area contributed by atoms with Gasteiger partial charge in [-0.2, -0.15) is 0 Å². The van der Waals surface area contributed by atoms with Gasteiger partial charge in [-0.05, 0) is 96.3 Å². The SMILES string of the molecule is CC/C=C\C/C=C\C/C=C\C/C=C\C/C=C\C/C=C\C/C=C\C/C=C\C/C=C\C/C=C\CCCCCCCCC(=O)NC(COP(=O)(O)OCC[N+](C)(C)C)C(O)/C=C/CCCCCCCCCCCCCCCCC. The van der Waals surface area contributed by atoms with Crippen molar-refractivity contribution < 1.29 is 32.9 Å². The number of likely N-dealkylation sites (N-methyl/N-ethyl adjacent to an activating group) is 1. The fourth-order valence-electron chi connectivity index (χ4n) is 8.13. The largest absolute Gasteiger partial charge is 0.472 e. The number of aliphatic hydroxyl groups excluding tert-OH is 1. The number of amides is 1. The van der Waals surface area contributed by atoms with E-state index in [0.29, 0.717) is 17.4 Å². The quantitative estimate of drug-likeness (QED) is 0.0243. The van der Waals surface area contributed by atoms with Gasteiger partial charge in [0.25, 0.3) is 0 Å².